The molecule has 0 N–H and O–H groups in total. The first-order valence-electron chi connectivity index (χ1n) is 15.5. The molecule has 1 aromatic carbocycles. The molecule has 2 aliphatic heterocycles. The number of amides is 1. The van der Waals surface area contributed by atoms with Crippen LogP contribution in [0.25, 0.3) is 0 Å². The lowest BCUT2D eigenvalue weighted by Gasteiger charge is -2.61. The predicted molar refractivity (Wildman–Crippen MR) is 154 cm³/mol. The lowest BCUT2D eigenvalue weighted by atomic mass is 9.43. The Labute approximate surface area is 256 Å². The van der Waals surface area contributed by atoms with Crippen molar-refractivity contribution in [3.63, 3.8) is 0 Å². The molecule has 44 heavy (non-hydrogen) atoms. The van der Waals surface area contributed by atoms with Gasteiger partial charge in [-0.15, -0.1) is 0 Å². The van der Waals surface area contributed by atoms with Gasteiger partial charge in [-0.25, -0.2) is 4.79 Å². The van der Waals surface area contributed by atoms with E-state index in [1.807, 2.05) is 44.2 Å². The summed E-state index contributed by atoms with van der Waals surface area (Å²) in [5.74, 6) is -3.97. The average molecular weight is 606 g/mol. The molecule has 3 heterocycles. The monoisotopic (exact) mass is 605 g/mol. The third-order valence-electron chi connectivity index (χ3n) is 10.7. The van der Waals surface area contributed by atoms with Gasteiger partial charge in [0.15, 0.2) is 11.9 Å². The summed E-state index contributed by atoms with van der Waals surface area (Å²) in [5.41, 5.74) is -0.147. The van der Waals surface area contributed by atoms with E-state index < -0.39 is 58.8 Å². The van der Waals surface area contributed by atoms with Crippen molar-refractivity contribution in [2.75, 3.05) is 6.54 Å². The van der Waals surface area contributed by atoms with Crippen molar-refractivity contribution in [1.29, 1.82) is 0 Å². The number of furan rings is 1. The zero-order valence-electron chi connectivity index (χ0n) is 25.4. The molecule has 1 amide bonds. The SMILES string of the molecule is CC(=O)O[C@H]1C[C@@H](C(=O)N2CCCC2C(=O)OCc2ccccc2)[C@]2(C)CC[C@@H]3C(=O)O[C@H](c4ccoc4)C[C@]3(C)[C@H]2C1=O. The van der Waals surface area contributed by atoms with Gasteiger partial charge in [0.1, 0.15) is 18.8 Å². The molecule has 2 aliphatic carbocycles. The highest BCUT2D eigenvalue weighted by molar-refractivity contribution is 5.95. The smallest absolute Gasteiger partial charge is 0.329 e. The van der Waals surface area contributed by atoms with Crippen molar-refractivity contribution in [3.05, 3.63) is 60.1 Å². The van der Waals surface area contributed by atoms with E-state index in [1.165, 1.54) is 19.5 Å². The molecule has 10 heteroatoms. The van der Waals surface area contributed by atoms with E-state index in [-0.39, 0.29) is 30.7 Å². The number of carbonyl (C=O) groups is 5. The molecule has 6 rings (SSSR count). The Bertz CT molecular complexity index is 1440. The largest absolute Gasteiger partial charge is 0.472 e. The summed E-state index contributed by atoms with van der Waals surface area (Å²) >= 11 is 0. The molecule has 0 spiro atoms. The van der Waals surface area contributed by atoms with Gasteiger partial charge in [0.25, 0.3) is 0 Å². The standard InChI is InChI=1S/C34H39NO9/c1-20(36)43-26-16-24(30(38)35-14-7-10-25(35)32(40)42-18-21-8-5-4-6-9-21)33(2)13-11-23-31(39)44-27(22-12-15-41-19-22)17-34(23,3)29(33)28(26)37/h4-6,8-9,12,15,19,23-27,29H,7,10-11,13-14,16-18H2,1-3H3/t23-,24+,25?,26+,27+,29+,33+,34+/m1/s1. The van der Waals surface area contributed by atoms with Gasteiger partial charge in [-0.1, -0.05) is 44.2 Å². The topological polar surface area (TPSA) is 129 Å². The molecule has 0 bridgehead atoms. The van der Waals surface area contributed by atoms with Gasteiger partial charge in [0, 0.05) is 37.3 Å². The highest BCUT2D eigenvalue weighted by Crippen LogP contribution is 2.65. The molecule has 2 saturated heterocycles. The van der Waals surface area contributed by atoms with Crippen molar-refractivity contribution >= 4 is 29.6 Å². The van der Waals surface area contributed by atoms with Crippen molar-refractivity contribution < 1.29 is 42.6 Å². The van der Waals surface area contributed by atoms with Gasteiger partial charge in [-0.2, -0.15) is 0 Å². The number of benzene rings is 1. The number of fused-ring (bicyclic) bond motifs is 3. The Morgan fingerprint density at radius 3 is 2.52 bits per heavy atom. The van der Waals surface area contributed by atoms with Gasteiger partial charge in [0.05, 0.1) is 18.4 Å². The number of hydrogen-bond donors (Lipinski definition) is 0. The van der Waals surface area contributed by atoms with Crippen LogP contribution in [0.3, 0.4) is 0 Å². The lowest BCUT2D eigenvalue weighted by Crippen LogP contribution is -2.66. The van der Waals surface area contributed by atoms with Crippen LogP contribution in [-0.2, 0) is 44.8 Å². The first kappa shape index (κ1) is 30.1. The molecule has 8 atom stereocenters. The summed E-state index contributed by atoms with van der Waals surface area (Å²) in [5, 5.41) is 0. The van der Waals surface area contributed by atoms with E-state index in [4.69, 9.17) is 18.6 Å². The lowest BCUT2D eigenvalue weighted by molar-refractivity contribution is -0.209. The van der Waals surface area contributed by atoms with Gasteiger partial charge in [-0.3, -0.25) is 19.2 Å². The highest BCUT2D eigenvalue weighted by atomic mass is 16.6. The second-order valence-electron chi connectivity index (χ2n) is 13.3. The average Bonchev–Trinajstić information content (AvgIpc) is 3.70. The van der Waals surface area contributed by atoms with Crippen molar-refractivity contribution in [2.24, 2.45) is 28.6 Å². The van der Waals surface area contributed by atoms with Crippen LogP contribution in [0, 0.1) is 28.6 Å². The number of ketones is 1. The summed E-state index contributed by atoms with van der Waals surface area (Å²) in [7, 11) is 0. The van der Waals surface area contributed by atoms with E-state index in [1.54, 1.807) is 11.0 Å². The normalized spacial score (nSPS) is 34.8. The molecule has 1 unspecified atom stereocenters. The summed E-state index contributed by atoms with van der Waals surface area (Å²) in [6.45, 7) is 5.63. The van der Waals surface area contributed by atoms with Crippen LogP contribution >= 0.6 is 0 Å². The van der Waals surface area contributed by atoms with Gasteiger partial charge < -0.3 is 23.5 Å². The molecule has 1 aromatic heterocycles. The van der Waals surface area contributed by atoms with Gasteiger partial charge in [0.2, 0.25) is 5.91 Å². The maximum Gasteiger partial charge on any atom is 0.329 e. The van der Waals surface area contributed by atoms with Crippen LogP contribution in [0.5, 0.6) is 0 Å². The molecule has 234 valence electrons. The number of hydrogen-bond acceptors (Lipinski definition) is 9. The first-order valence-corrected chi connectivity index (χ1v) is 15.5. The Morgan fingerprint density at radius 1 is 1.05 bits per heavy atom. The first-order chi connectivity index (χ1) is 21.0. The van der Waals surface area contributed by atoms with Crippen LogP contribution in [0.2, 0.25) is 0 Å². The zero-order chi connectivity index (χ0) is 31.2. The minimum Gasteiger partial charge on any atom is -0.472 e. The molecule has 4 fully saturated rings. The number of rotatable bonds is 6. The fraction of sp³-hybridized carbons (Fsp3) is 0.559. The van der Waals surface area contributed by atoms with E-state index in [9.17, 15) is 24.0 Å². The Balaban J connectivity index is 1.31. The predicted octanol–water partition coefficient (Wildman–Crippen LogP) is 4.56. The maximum atomic E-state index is 14.5. The van der Waals surface area contributed by atoms with Crippen molar-refractivity contribution in [3.8, 4) is 0 Å². The molecular weight excluding hydrogens is 566 g/mol. The number of ether oxygens (including phenoxy) is 3. The van der Waals surface area contributed by atoms with Crippen LogP contribution in [0.1, 0.15) is 76.5 Å². The minimum atomic E-state index is -1.13. The minimum absolute atomic E-state index is 0.0306. The number of Topliss-reactive ketones (excluding diaryl/α,β-unsaturated/α-hetero) is 1. The maximum absolute atomic E-state index is 14.5. The van der Waals surface area contributed by atoms with Crippen molar-refractivity contribution in [1.82, 2.24) is 4.90 Å². The second-order valence-corrected chi connectivity index (χ2v) is 13.3. The fourth-order valence-electron chi connectivity index (χ4n) is 8.64. The number of carbonyl (C=O) groups excluding carboxylic acids is 5. The van der Waals surface area contributed by atoms with E-state index in [2.05, 4.69) is 0 Å². The van der Waals surface area contributed by atoms with E-state index in [0.717, 1.165) is 5.56 Å². The van der Waals surface area contributed by atoms with Crippen LogP contribution in [0.4, 0.5) is 0 Å². The summed E-state index contributed by atoms with van der Waals surface area (Å²) in [6, 6.07) is 10.4. The zero-order valence-corrected chi connectivity index (χ0v) is 25.4. The summed E-state index contributed by atoms with van der Waals surface area (Å²) < 4.78 is 22.3. The molecule has 10 nitrogen and oxygen atoms in total. The second kappa shape index (κ2) is 11.5. The molecule has 2 aromatic rings. The molecule has 4 aliphatic rings. The molecular formula is C34H39NO9. The van der Waals surface area contributed by atoms with Gasteiger partial charge in [-0.05, 0) is 54.6 Å². The van der Waals surface area contributed by atoms with E-state index >= 15 is 0 Å². The van der Waals surface area contributed by atoms with Crippen LogP contribution in [0.15, 0.2) is 53.3 Å². The van der Waals surface area contributed by atoms with Crippen molar-refractivity contribution in [2.45, 2.75) is 84.2 Å². The number of nitrogens with zero attached hydrogens (tertiary/aromatic N) is 1. The molecule has 2 saturated carbocycles. The quantitative estimate of drug-likeness (QED) is 0.344. The third kappa shape index (κ3) is 5.12. The Morgan fingerprint density at radius 2 is 1.82 bits per heavy atom. The Hall–Kier alpha value is -3.95. The molecule has 0 radical (unpaired) electrons. The van der Waals surface area contributed by atoms with E-state index in [0.29, 0.717) is 44.2 Å². The number of esters is 3. The third-order valence-corrected chi connectivity index (χ3v) is 10.7. The Kier molecular flexibility index (Phi) is 7.88. The highest BCUT2D eigenvalue weighted by Gasteiger charge is 2.68. The van der Waals surface area contributed by atoms with Gasteiger partial charge >= 0.3 is 17.9 Å². The number of likely N-dealkylation sites (tertiary alicyclic amines) is 1. The fourth-order valence-corrected chi connectivity index (χ4v) is 8.64. The van der Waals surface area contributed by atoms with Crippen LogP contribution < -0.4 is 0 Å². The summed E-state index contributed by atoms with van der Waals surface area (Å²) in [4.78, 5) is 69.3. The number of cyclic esters (lactones) is 1. The van der Waals surface area contributed by atoms with Crippen LogP contribution in [-0.4, -0.2) is 53.2 Å². The summed E-state index contributed by atoms with van der Waals surface area (Å²) in [6.07, 6.45) is 3.72.